The first-order valence-corrected chi connectivity index (χ1v) is 20.7. The highest BCUT2D eigenvalue weighted by Crippen LogP contribution is 2.24. The van der Waals surface area contributed by atoms with Gasteiger partial charge in [-0.05, 0) is 119 Å². The first-order valence-electron chi connectivity index (χ1n) is 20.7. The van der Waals surface area contributed by atoms with Gasteiger partial charge >= 0.3 is 11.7 Å². The summed E-state index contributed by atoms with van der Waals surface area (Å²) in [7, 11) is 2.81. The number of aromatic nitrogens is 5. The van der Waals surface area contributed by atoms with Gasteiger partial charge in [0.05, 0.1) is 42.2 Å². The zero-order valence-corrected chi connectivity index (χ0v) is 37.0. The summed E-state index contributed by atoms with van der Waals surface area (Å²) in [4.78, 5) is 44.9. The number of nitrogens with one attached hydrogen (secondary N) is 3. The van der Waals surface area contributed by atoms with E-state index in [1.807, 2.05) is 67.9 Å². The Bertz CT molecular complexity index is 2600. The topological polar surface area (TPSA) is 170 Å². The Balaban J connectivity index is 0.000000175. The average molecular weight is 830 g/mol. The van der Waals surface area contributed by atoms with Gasteiger partial charge in [0.25, 0.3) is 5.56 Å². The van der Waals surface area contributed by atoms with E-state index in [-0.39, 0.29) is 23.6 Å². The normalized spacial score (nSPS) is 13.0. The Hall–Kier alpha value is -6.70. The molecule has 0 spiro atoms. The summed E-state index contributed by atoms with van der Waals surface area (Å²) in [5, 5.41) is 25.9. The molecule has 14 heteroatoms. The van der Waals surface area contributed by atoms with Gasteiger partial charge in [-0.3, -0.25) is 18.9 Å². The van der Waals surface area contributed by atoms with Gasteiger partial charge in [-0.1, -0.05) is 43.7 Å². The average Bonchev–Trinajstić information content (AvgIpc) is 3.78. The SMILES string of the molecule is CCC(=NCc1ccc(C)cc1)c1c(O)n(C)c(=O)n(C)c1=O.CCCNc1nc2cc(C)c(C)cc2cc1C.CCOC(=O)c1ccc(NC2Cn3nc(C)cc3N2)cc1. The lowest BCUT2D eigenvalue weighted by atomic mass is 10.1. The number of rotatable bonds is 11. The molecule has 0 bridgehead atoms. The summed E-state index contributed by atoms with van der Waals surface area (Å²) in [5.41, 5.74) is 9.10. The smallest absolute Gasteiger partial charge is 0.338 e. The van der Waals surface area contributed by atoms with E-state index in [4.69, 9.17) is 9.72 Å². The highest BCUT2D eigenvalue weighted by Gasteiger charge is 2.22. The number of benzene rings is 3. The van der Waals surface area contributed by atoms with E-state index in [1.165, 1.54) is 36.2 Å². The minimum absolute atomic E-state index is 0.0872. The number of aliphatic imine (C=N–C) groups is 1. The van der Waals surface area contributed by atoms with Crippen LogP contribution in [0, 0.1) is 34.6 Å². The molecular formula is C47H59N9O5. The van der Waals surface area contributed by atoms with Crippen LogP contribution in [0.4, 0.5) is 17.3 Å². The summed E-state index contributed by atoms with van der Waals surface area (Å²) in [6, 6.07) is 23.8. The van der Waals surface area contributed by atoms with E-state index < -0.39 is 11.2 Å². The second-order valence-electron chi connectivity index (χ2n) is 15.2. The zero-order valence-electron chi connectivity index (χ0n) is 37.0. The molecular weight excluding hydrogens is 771 g/mol. The molecule has 6 aromatic rings. The molecule has 1 aliphatic rings. The summed E-state index contributed by atoms with van der Waals surface area (Å²) < 4.78 is 8.93. The lowest BCUT2D eigenvalue weighted by Crippen LogP contribution is -2.40. The van der Waals surface area contributed by atoms with Crippen LogP contribution in [0.1, 0.15) is 83.0 Å². The Morgan fingerprint density at radius 1 is 0.902 bits per heavy atom. The van der Waals surface area contributed by atoms with Crippen LogP contribution in [0.3, 0.4) is 0 Å². The van der Waals surface area contributed by atoms with Crippen LogP contribution in [0.25, 0.3) is 10.9 Å². The van der Waals surface area contributed by atoms with Gasteiger partial charge in [-0.25, -0.2) is 19.3 Å². The third-order valence-corrected chi connectivity index (χ3v) is 10.3. The molecule has 1 aliphatic heterocycles. The van der Waals surface area contributed by atoms with Crippen LogP contribution >= 0.6 is 0 Å². The molecule has 0 aliphatic carbocycles. The number of nitrogens with zero attached hydrogens (tertiary/aromatic N) is 6. The van der Waals surface area contributed by atoms with Gasteiger partial charge in [-0.15, -0.1) is 0 Å². The van der Waals surface area contributed by atoms with Crippen molar-refractivity contribution in [1.82, 2.24) is 23.9 Å². The molecule has 0 fully saturated rings. The number of hydrogen-bond acceptors (Lipinski definition) is 11. The van der Waals surface area contributed by atoms with Crippen LogP contribution in [0.5, 0.6) is 5.88 Å². The van der Waals surface area contributed by atoms with Crippen LogP contribution in [0.2, 0.25) is 0 Å². The molecule has 0 saturated heterocycles. The summed E-state index contributed by atoms with van der Waals surface area (Å²) in [6.07, 6.45) is 1.69. The summed E-state index contributed by atoms with van der Waals surface area (Å²) in [6.45, 7) is 18.7. The molecule has 322 valence electrons. The molecule has 0 saturated carbocycles. The standard InChI is InChI=1S/C17H21N3O3.C15H18N4O2.C15H20N2/c1-5-13(18-10-12-8-6-11(2)7-9-12)14-15(21)19(3)17(23)20(4)16(14)22;1-3-21-15(20)11-4-6-12(7-5-11)16-13-9-19-14(17-13)8-10(2)18-19;1-5-6-16-15-12(4)8-13-7-10(2)11(3)9-14(13)17-15/h6-9,21H,5,10H2,1-4H3;4-8,13,16-17H,3,9H2,1-2H3;7-9H,5-6H2,1-4H3,(H,16,17). The Morgan fingerprint density at radius 3 is 2.21 bits per heavy atom. The van der Waals surface area contributed by atoms with Gasteiger partial charge in [0.2, 0.25) is 5.88 Å². The predicted octanol–water partition coefficient (Wildman–Crippen LogP) is 7.71. The van der Waals surface area contributed by atoms with E-state index in [0.29, 0.717) is 30.8 Å². The second-order valence-corrected chi connectivity index (χ2v) is 15.2. The number of anilines is 3. The number of esters is 1. The number of pyridine rings is 1. The Morgan fingerprint density at radius 2 is 1.57 bits per heavy atom. The maximum Gasteiger partial charge on any atom is 0.338 e. The van der Waals surface area contributed by atoms with E-state index in [2.05, 4.69) is 71.9 Å². The number of ether oxygens (including phenoxy) is 1. The van der Waals surface area contributed by atoms with Crippen LogP contribution in [-0.2, 0) is 31.9 Å². The molecule has 4 heterocycles. The van der Waals surface area contributed by atoms with Crippen molar-refractivity contribution in [2.24, 2.45) is 19.1 Å². The van der Waals surface area contributed by atoms with Crippen molar-refractivity contribution in [3.63, 3.8) is 0 Å². The second kappa shape index (κ2) is 20.5. The van der Waals surface area contributed by atoms with Crippen molar-refractivity contribution in [2.75, 3.05) is 29.1 Å². The van der Waals surface area contributed by atoms with Gasteiger partial charge < -0.3 is 25.8 Å². The van der Waals surface area contributed by atoms with Crippen LogP contribution < -0.4 is 27.2 Å². The number of carbonyl (C=O) groups is 1. The zero-order chi connectivity index (χ0) is 44.4. The molecule has 7 rings (SSSR count). The van der Waals surface area contributed by atoms with Gasteiger partial charge in [-0.2, -0.15) is 5.10 Å². The molecule has 3 aromatic heterocycles. The van der Waals surface area contributed by atoms with Crippen molar-refractivity contribution in [3.05, 3.63) is 138 Å². The van der Waals surface area contributed by atoms with Crippen molar-refractivity contribution < 1.29 is 14.6 Å². The molecule has 0 amide bonds. The number of carbonyl (C=O) groups excluding carboxylic acids is 1. The third kappa shape index (κ3) is 11.3. The van der Waals surface area contributed by atoms with E-state index >= 15 is 0 Å². The van der Waals surface area contributed by atoms with Crippen molar-refractivity contribution in [1.29, 1.82) is 0 Å². The molecule has 61 heavy (non-hydrogen) atoms. The fourth-order valence-electron chi connectivity index (χ4n) is 6.70. The van der Waals surface area contributed by atoms with E-state index in [9.17, 15) is 19.5 Å². The maximum absolute atomic E-state index is 12.3. The monoisotopic (exact) mass is 829 g/mol. The van der Waals surface area contributed by atoms with Gasteiger partial charge in [0.1, 0.15) is 23.4 Å². The van der Waals surface area contributed by atoms with Crippen LogP contribution in [-0.4, -0.2) is 60.0 Å². The molecule has 1 atom stereocenters. The summed E-state index contributed by atoms with van der Waals surface area (Å²) in [5.74, 6) is 1.40. The number of hydrogen-bond donors (Lipinski definition) is 4. The number of fused-ring (bicyclic) bond motifs is 2. The highest BCUT2D eigenvalue weighted by atomic mass is 16.5. The maximum atomic E-state index is 12.3. The van der Waals surface area contributed by atoms with E-state index in [0.717, 1.165) is 68.3 Å². The minimum atomic E-state index is -0.565. The largest absolute Gasteiger partial charge is 0.494 e. The van der Waals surface area contributed by atoms with Crippen molar-refractivity contribution in [2.45, 2.75) is 87.5 Å². The van der Waals surface area contributed by atoms with Crippen molar-refractivity contribution in [3.8, 4) is 5.88 Å². The first kappa shape index (κ1) is 45.4. The molecule has 14 nitrogen and oxygen atoms in total. The summed E-state index contributed by atoms with van der Waals surface area (Å²) >= 11 is 0. The lowest BCUT2D eigenvalue weighted by molar-refractivity contribution is 0.0526. The van der Waals surface area contributed by atoms with Gasteiger partial charge in [0, 0.05) is 37.8 Å². The van der Waals surface area contributed by atoms with Crippen LogP contribution in [0.15, 0.2) is 87.4 Å². The molecule has 3 aromatic carbocycles. The molecule has 4 N–H and O–H groups in total. The fourth-order valence-corrected chi connectivity index (χ4v) is 6.70. The third-order valence-electron chi connectivity index (χ3n) is 10.3. The Labute approximate surface area is 357 Å². The quantitative estimate of drug-likeness (QED) is 0.0750. The lowest BCUT2D eigenvalue weighted by Gasteiger charge is -2.14. The van der Waals surface area contributed by atoms with Crippen molar-refractivity contribution >= 4 is 39.9 Å². The number of aromatic hydroxyl groups is 1. The Kier molecular flexibility index (Phi) is 15.3. The van der Waals surface area contributed by atoms with Gasteiger partial charge in [0.15, 0.2) is 0 Å². The van der Waals surface area contributed by atoms with E-state index in [1.54, 1.807) is 19.1 Å². The fraction of sp³-hybridized carbons (Fsp3) is 0.362. The molecule has 0 radical (unpaired) electrons. The first-order chi connectivity index (χ1) is 29.1. The number of aryl methyl sites for hydroxylation is 5. The predicted molar refractivity (Wildman–Crippen MR) is 245 cm³/mol. The minimum Gasteiger partial charge on any atom is -0.494 e. The highest BCUT2D eigenvalue weighted by molar-refractivity contribution is 6.02. The molecule has 1 unspecified atom stereocenters.